The highest BCUT2D eigenvalue weighted by molar-refractivity contribution is 4.50. The average Bonchev–Trinajstić information content (AvgIpc) is 1.99. The summed E-state index contributed by atoms with van der Waals surface area (Å²) in [5.74, 6) is 0.606. The number of hydrogen-bond acceptors (Lipinski definition) is 2. The molecule has 0 heterocycles. The van der Waals surface area contributed by atoms with Gasteiger partial charge in [0.1, 0.15) is 0 Å². The van der Waals surface area contributed by atoms with Crippen LogP contribution in [0.4, 0.5) is 0 Å². The summed E-state index contributed by atoms with van der Waals surface area (Å²) in [6.07, 6.45) is 1.13. The van der Waals surface area contributed by atoms with Crippen molar-refractivity contribution in [2.75, 3.05) is 13.2 Å². The summed E-state index contributed by atoms with van der Waals surface area (Å²) in [6.45, 7) is 7.04. The van der Waals surface area contributed by atoms with Crippen molar-refractivity contribution in [2.45, 2.75) is 33.3 Å². The van der Waals surface area contributed by atoms with Gasteiger partial charge in [-0.25, -0.2) is 0 Å². The fourth-order valence-corrected chi connectivity index (χ4v) is 0.499. The first-order valence-corrected chi connectivity index (χ1v) is 3.93. The molecule has 10 heavy (non-hydrogen) atoms. The minimum Gasteiger partial charge on any atom is -0.394 e. The van der Waals surface area contributed by atoms with E-state index < -0.39 is 0 Å². The molecule has 0 amide bonds. The Balaban J connectivity index is 3.17. The van der Waals surface area contributed by atoms with E-state index in [1.807, 2.05) is 6.92 Å². The molecule has 0 saturated carbocycles. The fourth-order valence-electron chi connectivity index (χ4n) is 0.499. The molecule has 0 aliphatic carbocycles. The maximum absolute atomic E-state index is 8.60. The van der Waals surface area contributed by atoms with Gasteiger partial charge in [0.05, 0.1) is 12.7 Å². The van der Waals surface area contributed by atoms with Crippen LogP contribution in [0.15, 0.2) is 0 Å². The van der Waals surface area contributed by atoms with Crippen LogP contribution in [-0.4, -0.2) is 24.4 Å². The molecule has 0 bridgehead atoms. The quantitative estimate of drug-likeness (QED) is 0.635. The van der Waals surface area contributed by atoms with Gasteiger partial charge in [-0.1, -0.05) is 20.3 Å². The van der Waals surface area contributed by atoms with Gasteiger partial charge >= 0.3 is 0 Å². The van der Waals surface area contributed by atoms with E-state index in [1.54, 1.807) is 0 Å². The number of rotatable bonds is 5. The van der Waals surface area contributed by atoms with E-state index in [4.69, 9.17) is 9.84 Å². The summed E-state index contributed by atoms with van der Waals surface area (Å²) >= 11 is 0. The Labute approximate surface area is 63.2 Å². The van der Waals surface area contributed by atoms with Gasteiger partial charge < -0.3 is 9.84 Å². The zero-order chi connectivity index (χ0) is 7.98. The van der Waals surface area contributed by atoms with Crippen molar-refractivity contribution in [3.05, 3.63) is 0 Å². The molecule has 0 saturated heterocycles. The molecule has 0 aromatic carbocycles. The molecule has 0 rings (SSSR count). The van der Waals surface area contributed by atoms with E-state index in [-0.39, 0.29) is 12.7 Å². The van der Waals surface area contributed by atoms with E-state index in [0.717, 1.165) is 13.0 Å². The summed E-state index contributed by atoms with van der Waals surface area (Å²) in [6, 6.07) is 0. The van der Waals surface area contributed by atoms with Crippen LogP contribution in [0.5, 0.6) is 0 Å². The SMILES string of the molecule is CCC(C)COC(C)CO. The normalized spacial score (nSPS) is 16.8. The Morgan fingerprint density at radius 2 is 2.00 bits per heavy atom. The van der Waals surface area contributed by atoms with Gasteiger partial charge in [0.2, 0.25) is 0 Å². The van der Waals surface area contributed by atoms with Gasteiger partial charge in [0.25, 0.3) is 0 Å². The maximum atomic E-state index is 8.60. The van der Waals surface area contributed by atoms with Crippen LogP contribution in [0.25, 0.3) is 0 Å². The second-order valence-corrected chi connectivity index (χ2v) is 2.84. The Kier molecular flexibility index (Phi) is 5.64. The Morgan fingerprint density at radius 3 is 2.40 bits per heavy atom. The molecule has 0 aromatic rings. The lowest BCUT2D eigenvalue weighted by Gasteiger charge is -2.13. The summed E-state index contributed by atoms with van der Waals surface area (Å²) in [7, 11) is 0. The third-order valence-corrected chi connectivity index (χ3v) is 1.62. The van der Waals surface area contributed by atoms with Crippen LogP contribution in [0.3, 0.4) is 0 Å². The van der Waals surface area contributed by atoms with Crippen LogP contribution in [0.1, 0.15) is 27.2 Å². The van der Waals surface area contributed by atoms with Crippen molar-refractivity contribution in [3.63, 3.8) is 0 Å². The molecule has 0 radical (unpaired) electrons. The topological polar surface area (TPSA) is 29.5 Å². The number of hydrogen-bond donors (Lipinski definition) is 1. The summed E-state index contributed by atoms with van der Waals surface area (Å²) < 4.78 is 5.29. The van der Waals surface area contributed by atoms with Gasteiger partial charge in [0.15, 0.2) is 0 Å². The van der Waals surface area contributed by atoms with Crippen molar-refractivity contribution < 1.29 is 9.84 Å². The molecule has 0 fully saturated rings. The van der Waals surface area contributed by atoms with Crippen LogP contribution in [-0.2, 0) is 4.74 Å². The van der Waals surface area contributed by atoms with Gasteiger partial charge in [-0.3, -0.25) is 0 Å². The lowest BCUT2D eigenvalue weighted by atomic mass is 10.1. The molecule has 62 valence electrons. The van der Waals surface area contributed by atoms with Crippen molar-refractivity contribution in [1.82, 2.24) is 0 Å². The zero-order valence-corrected chi connectivity index (χ0v) is 7.13. The highest BCUT2D eigenvalue weighted by Crippen LogP contribution is 2.02. The largest absolute Gasteiger partial charge is 0.394 e. The predicted octanol–water partition coefficient (Wildman–Crippen LogP) is 1.43. The highest BCUT2D eigenvalue weighted by atomic mass is 16.5. The van der Waals surface area contributed by atoms with E-state index in [2.05, 4.69) is 13.8 Å². The van der Waals surface area contributed by atoms with Gasteiger partial charge in [-0.15, -0.1) is 0 Å². The molecule has 0 aliphatic heterocycles. The lowest BCUT2D eigenvalue weighted by Crippen LogP contribution is -2.16. The minimum absolute atomic E-state index is 0.00556. The first-order chi connectivity index (χ1) is 4.70. The smallest absolute Gasteiger partial charge is 0.0777 e. The molecule has 2 nitrogen and oxygen atoms in total. The first-order valence-electron chi connectivity index (χ1n) is 3.93. The van der Waals surface area contributed by atoms with Gasteiger partial charge in [-0.2, -0.15) is 0 Å². The van der Waals surface area contributed by atoms with Crippen molar-refractivity contribution in [1.29, 1.82) is 0 Å². The summed E-state index contributed by atoms with van der Waals surface area (Å²) in [4.78, 5) is 0. The zero-order valence-electron chi connectivity index (χ0n) is 7.13. The molecule has 0 aromatic heterocycles. The molecule has 0 aliphatic rings. The van der Waals surface area contributed by atoms with Crippen molar-refractivity contribution >= 4 is 0 Å². The molecule has 2 heteroatoms. The molecular formula is C8H18O2. The predicted molar refractivity (Wildman–Crippen MR) is 42.0 cm³/mol. The third kappa shape index (κ3) is 4.77. The maximum Gasteiger partial charge on any atom is 0.0777 e. The molecular weight excluding hydrogens is 128 g/mol. The van der Waals surface area contributed by atoms with Gasteiger partial charge in [0, 0.05) is 6.61 Å². The van der Waals surface area contributed by atoms with E-state index in [9.17, 15) is 0 Å². The Hall–Kier alpha value is -0.0800. The highest BCUT2D eigenvalue weighted by Gasteiger charge is 2.02. The van der Waals surface area contributed by atoms with Crippen LogP contribution >= 0.6 is 0 Å². The minimum atomic E-state index is -0.00556. The number of aliphatic hydroxyl groups is 1. The molecule has 0 spiro atoms. The van der Waals surface area contributed by atoms with E-state index in [0.29, 0.717) is 5.92 Å². The second kappa shape index (κ2) is 5.69. The second-order valence-electron chi connectivity index (χ2n) is 2.84. The van der Waals surface area contributed by atoms with Crippen molar-refractivity contribution in [3.8, 4) is 0 Å². The third-order valence-electron chi connectivity index (χ3n) is 1.62. The summed E-state index contributed by atoms with van der Waals surface area (Å²) in [5, 5.41) is 8.60. The van der Waals surface area contributed by atoms with E-state index >= 15 is 0 Å². The molecule has 2 atom stereocenters. The van der Waals surface area contributed by atoms with Crippen molar-refractivity contribution in [2.24, 2.45) is 5.92 Å². The summed E-state index contributed by atoms with van der Waals surface area (Å²) in [5.41, 5.74) is 0. The molecule has 2 unspecified atom stereocenters. The van der Waals surface area contributed by atoms with Crippen LogP contribution < -0.4 is 0 Å². The average molecular weight is 146 g/mol. The Morgan fingerprint density at radius 1 is 1.40 bits per heavy atom. The lowest BCUT2D eigenvalue weighted by molar-refractivity contribution is 0.00852. The standard InChI is InChI=1S/C8H18O2/c1-4-7(2)6-10-8(3)5-9/h7-9H,4-6H2,1-3H3. The number of ether oxygens (including phenoxy) is 1. The monoisotopic (exact) mass is 146 g/mol. The van der Waals surface area contributed by atoms with E-state index in [1.165, 1.54) is 0 Å². The van der Waals surface area contributed by atoms with Crippen LogP contribution in [0, 0.1) is 5.92 Å². The molecule has 1 N–H and O–H groups in total. The Bertz CT molecular complexity index is 63.7. The number of aliphatic hydroxyl groups excluding tert-OH is 1. The fraction of sp³-hybridized carbons (Fsp3) is 1.00. The first kappa shape index (κ1) is 9.92. The van der Waals surface area contributed by atoms with Gasteiger partial charge in [-0.05, 0) is 12.8 Å². The van der Waals surface area contributed by atoms with Crippen LogP contribution in [0.2, 0.25) is 0 Å².